The van der Waals surface area contributed by atoms with Crippen LogP contribution in [0.3, 0.4) is 0 Å². The van der Waals surface area contributed by atoms with Gasteiger partial charge in [0.05, 0.1) is 31.3 Å². The largest absolute Gasteiger partial charge is 0.493 e. The van der Waals surface area contributed by atoms with Crippen LogP contribution in [-0.4, -0.2) is 96.0 Å². The molecule has 0 bridgehead atoms. The number of hydrogen-bond acceptors (Lipinski definition) is 16. The molecule has 0 aliphatic heterocycles. The molecule has 21 heteroatoms. The molecule has 0 aliphatic carbocycles. The molecular weight excluding hydrogens is 859 g/mol. The number of carbonyl (C=O) groups excluding carboxylic acids is 6. The third-order valence-electron chi connectivity index (χ3n) is 7.00. The first kappa shape index (κ1) is 54.2. The van der Waals surface area contributed by atoms with E-state index in [2.05, 4.69) is 20.3 Å². The molecule has 0 aromatic heterocycles. The van der Waals surface area contributed by atoms with Crippen LogP contribution in [0.25, 0.3) is 0 Å². The van der Waals surface area contributed by atoms with Crippen LogP contribution in [0.4, 0.5) is 20.1 Å². The third-order valence-corrected chi connectivity index (χ3v) is 8.44. The lowest BCUT2D eigenvalue weighted by atomic mass is 10.1. The van der Waals surface area contributed by atoms with E-state index < -0.39 is 93.4 Å². The average molecular weight is 922 g/mol. The van der Waals surface area contributed by atoms with Gasteiger partial charge in [0.15, 0.2) is 11.5 Å². The minimum Gasteiger partial charge on any atom is -0.493 e. The number of amides is 3. The quantitative estimate of drug-likeness (QED) is 0.0639. The Morgan fingerprint density at radius 3 is 1.58 bits per heavy atom. The van der Waals surface area contributed by atoms with Crippen molar-refractivity contribution in [1.82, 2.24) is 19.7 Å². The lowest BCUT2D eigenvalue weighted by molar-refractivity contribution is -0.164. The van der Waals surface area contributed by atoms with Gasteiger partial charge in [-0.2, -0.15) is 17.4 Å². The summed E-state index contributed by atoms with van der Waals surface area (Å²) < 4.78 is 68.1. The molecule has 1 atom stereocenters. The summed E-state index contributed by atoms with van der Waals surface area (Å²) in [5, 5.41) is 4.73. The van der Waals surface area contributed by atoms with Crippen LogP contribution in [0, 0.1) is 0 Å². The Labute approximate surface area is 375 Å². The highest BCUT2D eigenvalue weighted by atomic mass is 32.2. The highest BCUT2D eigenvalue weighted by molar-refractivity contribution is 7.87. The van der Waals surface area contributed by atoms with Gasteiger partial charge in [0.2, 0.25) is 5.96 Å². The molecule has 2 rings (SSSR count). The number of carbonyl (C=O) groups is 6. The number of guanidine groups is 1. The van der Waals surface area contributed by atoms with Crippen molar-refractivity contribution in [1.29, 1.82) is 0 Å². The predicted octanol–water partition coefficient (Wildman–Crippen LogP) is 6.96. The summed E-state index contributed by atoms with van der Waals surface area (Å²) in [5.74, 6) is -3.30. The smallest absolute Gasteiger partial charge is 0.425 e. The summed E-state index contributed by atoms with van der Waals surface area (Å²) in [5.41, 5.74) is -4.53. The number of methoxy groups -OCH3 is 1. The molecule has 3 amide bonds. The fourth-order valence-corrected chi connectivity index (χ4v) is 6.03. The summed E-state index contributed by atoms with van der Waals surface area (Å²) in [6, 6.07) is 7.72. The van der Waals surface area contributed by atoms with E-state index in [0.29, 0.717) is 4.31 Å². The molecule has 0 saturated heterocycles. The van der Waals surface area contributed by atoms with Gasteiger partial charge in [0, 0.05) is 0 Å². The van der Waals surface area contributed by atoms with Crippen molar-refractivity contribution in [3.63, 3.8) is 0 Å². The third kappa shape index (κ3) is 20.5. The molecule has 0 fully saturated rings. The summed E-state index contributed by atoms with van der Waals surface area (Å²) in [6.07, 6.45) is -3.90. The lowest BCUT2D eigenvalue weighted by Crippen LogP contribution is -2.52. The number of nitrogens with one attached hydrogen (secondary N) is 3. The normalized spacial score (nSPS) is 12.7. The Balaban J connectivity index is 2.44. The number of rotatable bonds is 12. The van der Waals surface area contributed by atoms with Crippen molar-refractivity contribution in [3.8, 4) is 11.5 Å². The minimum absolute atomic E-state index is 0.0378. The fourth-order valence-electron chi connectivity index (χ4n) is 4.81. The van der Waals surface area contributed by atoms with Gasteiger partial charge in [-0.15, -0.1) is 0 Å². The number of aliphatic imine (C=N–C) groups is 1. The summed E-state index contributed by atoms with van der Waals surface area (Å²) in [6.45, 7) is 23.3. The van der Waals surface area contributed by atoms with Crippen LogP contribution >= 0.6 is 0 Å². The Morgan fingerprint density at radius 2 is 1.12 bits per heavy atom. The number of nitrogens with zero attached hydrogens (tertiary/aromatic N) is 2. The van der Waals surface area contributed by atoms with E-state index in [9.17, 15) is 37.2 Å². The maximum atomic E-state index is 14.0. The maximum Gasteiger partial charge on any atom is 0.425 e. The van der Waals surface area contributed by atoms with E-state index in [0.717, 1.165) is 0 Å². The van der Waals surface area contributed by atoms with Crippen LogP contribution in [0.2, 0.25) is 0 Å². The van der Waals surface area contributed by atoms with Gasteiger partial charge in [-0.05, 0) is 146 Å². The molecule has 0 saturated carbocycles. The number of esters is 3. The van der Waals surface area contributed by atoms with E-state index in [4.69, 9.17) is 33.2 Å². The molecule has 3 N–H and O–H groups in total. The van der Waals surface area contributed by atoms with Crippen LogP contribution < -0.4 is 24.8 Å². The Morgan fingerprint density at radius 1 is 0.641 bits per heavy atom. The second-order valence-corrected chi connectivity index (χ2v) is 20.7. The number of hydrogen-bond donors (Lipinski definition) is 3. The first-order chi connectivity index (χ1) is 28.9. The van der Waals surface area contributed by atoms with Gasteiger partial charge < -0.3 is 33.2 Å². The van der Waals surface area contributed by atoms with Crippen molar-refractivity contribution < 1.29 is 70.3 Å². The molecule has 2 aromatic carbocycles. The van der Waals surface area contributed by atoms with E-state index >= 15 is 0 Å². The summed E-state index contributed by atoms with van der Waals surface area (Å²) in [7, 11) is -3.73. The number of ether oxygens (including phenoxy) is 7. The zero-order chi connectivity index (χ0) is 49.2. The molecule has 0 heterocycles. The van der Waals surface area contributed by atoms with Gasteiger partial charge in [-0.3, -0.25) is 20.2 Å². The zero-order valence-electron chi connectivity index (χ0n) is 39.5. The predicted molar refractivity (Wildman–Crippen MR) is 234 cm³/mol. The minimum atomic E-state index is -4.99. The van der Waals surface area contributed by atoms with Gasteiger partial charge in [0.1, 0.15) is 34.0 Å². The molecular formula is C43H63N5O15S. The Hall–Kier alpha value is -5.96. The summed E-state index contributed by atoms with van der Waals surface area (Å²) in [4.78, 5) is 82.1. The zero-order valence-corrected chi connectivity index (χ0v) is 40.3. The van der Waals surface area contributed by atoms with Gasteiger partial charge in [-0.1, -0.05) is 6.07 Å². The van der Waals surface area contributed by atoms with Crippen LogP contribution in [0.1, 0.15) is 126 Å². The number of benzene rings is 2. The van der Waals surface area contributed by atoms with Crippen LogP contribution in [0.5, 0.6) is 11.5 Å². The van der Waals surface area contributed by atoms with Crippen LogP contribution in [-0.2, 0) is 50.0 Å². The molecule has 0 aliphatic rings. The molecule has 20 nitrogen and oxygen atoms in total. The highest BCUT2D eigenvalue weighted by Gasteiger charge is 2.39. The fraction of sp³-hybridized carbons (Fsp3) is 0.558. The Bertz CT molecular complexity index is 2120. The molecule has 0 spiro atoms. The maximum absolute atomic E-state index is 14.0. The Kier molecular flexibility index (Phi) is 17.9. The highest BCUT2D eigenvalue weighted by Crippen LogP contribution is 2.30. The standard InChI is InChI=1S/C43H63N5O15S/c1-39(2,3)59-32(49)24-29(34(51)60-40(4,5)6)47-64(55,56)48(38(54)63-43(13,14)15)25-26-17-22-30(31(23-26)57-16)58-33(50)27-18-20-28(21-19-27)44-35(45-36(52)61-41(7,8)9)46-37(53)62-42(10,11)12/h17-23,29,47H,24-25H2,1-16H3,(H2,44,45,46,52,53)/t29-/m0/s1. The van der Waals surface area contributed by atoms with E-state index in [1.165, 1.54) is 70.3 Å². The molecule has 64 heavy (non-hydrogen) atoms. The molecule has 0 radical (unpaired) electrons. The SMILES string of the molecule is COc1cc(CN(C(=O)OC(C)(C)C)S(=O)(=O)N[C@@H](CC(=O)OC(C)(C)C)C(=O)OC(C)(C)C)ccc1OC(=O)c1ccc(N=C(NC(=O)OC(C)(C)C)NC(=O)OC(C)(C)C)cc1. The second-order valence-electron chi connectivity index (χ2n) is 19.1. The van der Waals surface area contributed by atoms with Crippen molar-refractivity contribution in [2.75, 3.05) is 7.11 Å². The van der Waals surface area contributed by atoms with Gasteiger partial charge in [-0.25, -0.2) is 24.2 Å². The van der Waals surface area contributed by atoms with Crippen molar-refractivity contribution in [3.05, 3.63) is 53.6 Å². The van der Waals surface area contributed by atoms with E-state index in [1.807, 2.05) is 0 Å². The van der Waals surface area contributed by atoms with Crippen molar-refractivity contribution >= 4 is 58.0 Å². The number of alkyl carbamates (subject to hydrolysis) is 2. The molecule has 2 aromatic rings. The van der Waals surface area contributed by atoms with Crippen molar-refractivity contribution in [2.45, 2.75) is 151 Å². The van der Waals surface area contributed by atoms with E-state index in [-0.39, 0.29) is 34.3 Å². The molecule has 0 unspecified atom stereocenters. The first-order valence-corrected chi connectivity index (χ1v) is 21.4. The summed E-state index contributed by atoms with van der Waals surface area (Å²) >= 11 is 0. The van der Waals surface area contributed by atoms with Gasteiger partial charge >= 0.3 is 46.4 Å². The topological polar surface area (TPSA) is 253 Å². The molecule has 356 valence electrons. The van der Waals surface area contributed by atoms with Crippen molar-refractivity contribution in [2.24, 2.45) is 4.99 Å². The average Bonchev–Trinajstić information content (AvgIpc) is 3.06. The monoisotopic (exact) mass is 921 g/mol. The second kappa shape index (κ2) is 21.1. The van der Waals surface area contributed by atoms with Gasteiger partial charge in [0.25, 0.3) is 0 Å². The first-order valence-electron chi connectivity index (χ1n) is 20.0. The van der Waals surface area contributed by atoms with E-state index in [1.54, 1.807) is 83.1 Å². The lowest BCUT2D eigenvalue weighted by Gasteiger charge is -2.29. The van der Waals surface area contributed by atoms with Crippen LogP contribution in [0.15, 0.2) is 47.5 Å².